The summed E-state index contributed by atoms with van der Waals surface area (Å²) >= 11 is 0. The van der Waals surface area contributed by atoms with Crippen LogP contribution in [0.15, 0.2) is 174 Å². The summed E-state index contributed by atoms with van der Waals surface area (Å²) < 4.78 is 6.57. The molecule has 9 aromatic rings. The van der Waals surface area contributed by atoms with Crippen LogP contribution >= 0.6 is 0 Å². The van der Waals surface area contributed by atoms with Crippen LogP contribution in [0.25, 0.3) is 65.9 Å². The van der Waals surface area contributed by atoms with Gasteiger partial charge in [-0.05, 0) is 81.6 Å². The normalized spacial score (nSPS) is 11.5. The molecule has 3 heteroatoms. The van der Waals surface area contributed by atoms with E-state index in [0.29, 0.717) is 0 Å². The Kier molecular flexibility index (Phi) is 6.14. The van der Waals surface area contributed by atoms with E-state index in [2.05, 4.69) is 157 Å². The maximum atomic E-state index is 6.57. The summed E-state index contributed by atoms with van der Waals surface area (Å²) in [5.41, 5.74) is 10.5. The van der Waals surface area contributed by atoms with Crippen molar-refractivity contribution >= 4 is 60.7 Å². The predicted octanol–water partition coefficient (Wildman–Crippen LogP) is 12.1. The third kappa shape index (κ3) is 4.33. The number of fused-ring (bicyclic) bond motifs is 6. The molecule has 0 atom stereocenters. The third-order valence-corrected chi connectivity index (χ3v) is 8.91. The van der Waals surface area contributed by atoms with E-state index in [1.54, 1.807) is 0 Å². The molecule has 0 aliphatic heterocycles. The van der Waals surface area contributed by atoms with Gasteiger partial charge in [0.15, 0.2) is 0 Å². The SMILES string of the molecule is c1ccc(-c2cccc(N(c3ccc(-c4cccc5ccccc45)cc3)c3ccnc4ccc5c6ccccc6oc5c34)c2)cc1. The largest absolute Gasteiger partial charge is 0.455 e. The summed E-state index contributed by atoms with van der Waals surface area (Å²) in [6, 6.07) is 57.8. The fourth-order valence-electron chi connectivity index (χ4n) is 6.74. The Morgan fingerprint density at radius 3 is 2.11 bits per heavy atom. The second kappa shape index (κ2) is 10.8. The molecular weight excluding hydrogens is 560 g/mol. The van der Waals surface area contributed by atoms with E-state index in [9.17, 15) is 0 Å². The average Bonchev–Trinajstić information content (AvgIpc) is 3.51. The molecule has 9 rings (SSSR count). The first-order chi connectivity index (χ1) is 22.8. The topological polar surface area (TPSA) is 29.3 Å². The highest BCUT2D eigenvalue weighted by atomic mass is 16.3. The van der Waals surface area contributed by atoms with Crippen molar-refractivity contribution in [1.29, 1.82) is 0 Å². The number of rotatable bonds is 5. The molecule has 0 fully saturated rings. The third-order valence-electron chi connectivity index (χ3n) is 8.91. The first kappa shape index (κ1) is 26.2. The summed E-state index contributed by atoms with van der Waals surface area (Å²) in [4.78, 5) is 7.12. The first-order valence-corrected chi connectivity index (χ1v) is 15.5. The number of pyridine rings is 1. The highest BCUT2D eigenvalue weighted by Crippen LogP contribution is 2.44. The van der Waals surface area contributed by atoms with Gasteiger partial charge in [-0.2, -0.15) is 0 Å². The fourth-order valence-corrected chi connectivity index (χ4v) is 6.74. The van der Waals surface area contributed by atoms with Gasteiger partial charge in [0, 0.05) is 28.3 Å². The minimum Gasteiger partial charge on any atom is -0.455 e. The van der Waals surface area contributed by atoms with Crippen molar-refractivity contribution in [2.45, 2.75) is 0 Å². The number of para-hydroxylation sites is 1. The molecule has 46 heavy (non-hydrogen) atoms. The number of aromatic nitrogens is 1. The second-order valence-electron chi connectivity index (χ2n) is 11.6. The molecule has 2 heterocycles. The second-order valence-corrected chi connectivity index (χ2v) is 11.6. The summed E-state index contributed by atoms with van der Waals surface area (Å²) in [5.74, 6) is 0. The minimum atomic E-state index is 0.846. The quantitative estimate of drug-likeness (QED) is 0.200. The Bertz CT molecular complexity index is 2530. The Balaban J connectivity index is 1.28. The summed E-state index contributed by atoms with van der Waals surface area (Å²) in [6.07, 6.45) is 1.89. The maximum Gasteiger partial charge on any atom is 0.146 e. The number of hydrogen-bond acceptors (Lipinski definition) is 3. The zero-order valence-electron chi connectivity index (χ0n) is 25.0. The van der Waals surface area contributed by atoms with Crippen molar-refractivity contribution in [2.75, 3.05) is 4.90 Å². The molecule has 0 radical (unpaired) electrons. The van der Waals surface area contributed by atoms with Crippen LogP contribution in [0, 0.1) is 0 Å². The van der Waals surface area contributed by atoms with Crippen LogP contribution in [0.5, 0.6) is 0 Å². The van der Waals surface area contributed by atoms with Crippen LogP contribution in [-0.4, -0.2) is 4.98 Å². The standard InChI is InChI=1S/C43H28N2O/c1-2-10-29(11-3-1)32-14-8-15-34(28-32)45(33-22-20-31(21-23-33)36-18-9-13-30-12-4-5-16-35(30)36)40-26-27-44-39-25-24-38-37-17-6-7-19-41(37)46-43(38)42(39)40/h1-28H. The van der Waals surface area contributed by atoms with E-state index >= 15 is 0 Å². The van der Waals surface area contributed by atoms with Gasteiger partial charge in [0.1, 0.15) is 11.2 Å². The molecule has 0 saturated carbocycles. The number of hydrogen-bond donors (Lipinski definition) is 0. The van der Waals surface area contributed by atoms with E-state index in [1.165, 1.54) is 27.5 Å². The average molecular weight is 589 g/mol. The van der Waals surface area contributed by atoms with E-state index in [4.69, 9.17) is 9.40 Å². The monoisotopic (exact) mass is 588 g/mol. The van der Waals surface area contributed by atoms with Gasteiger partial charge in [-0.25, -0.2) is 0 Å². The minimum absolute atomic E-state index is 0.846. The smallest absolute Gasteiger partial charge is 0.146 e. The molecule has 0 saturated heterocycles. The summed E-state index contributed by atoms with van der Waals surface area (Å²) in [6.45, 7) is 0. The van der Waals surface area contributed by atoms with Crippen LogP contribution in [0.4, 0.5) is 17.1 Å². The molecule has 7 aromatic carbocycles. The van der Waals surface area contributed by atoms with E-state index in [-0.39, 0.29) is 0 Å². The van der Waals surface area contributed by atoms with E-state index in [0.717, 1.165) is 55.5 Å². The molecule has 0 N–H and O–H groups in total. The highest BCUT2D eigenvalue weighted by Gasteiger charge is 2.21. The Morgan fingerprint density at radius 1 is 0.478 bits per heavy atom. The molecule has 0 spiro atoms. The molecule has 0 aliphatic carbocycles. The zero-order valence-corrected chi connectivity index (χ0v) is 25.0. The highest BCUT2D eigenvalue weighted by molar-refractivity contribution is 6.18. The van der Waals surface area contributed by atoms with Crippen LogP contribution < -0.4 is 4.90 Å². The molecule has 216 valence electrons. The van der Waals surface area contributed by atoms with Crippen molar-refractivity contribution in [1.82, 2.24) is 4.98 Å². The zero-order chi connectivity index (χ0) is 30.5. The molecule has 3 nitrogen and oxygen atoms in total. The van der Waals surface area contributed by atoms with Gasteiger partial charge in [-0.3, -0.25) is 4.98 Å². The number of anilines is 3. The maximum absolute atomic E-state index is 6.57. The van der Waals surface area contributed by atoms with Gasteiger partial charge in [0.25, 0.3) is 0 Å². The lowest BCUT2D eigenvalue weighted by molar-refractivity contribution is 0.672. The number of nitrogens with zero attached hydrogens (tertiary/aromatic N) is 2. The van der Waals surface area contributed by atoms with Crippen LogP contribution in [0.1, 0.15) is 0 Å². The van der Waals surface area contributed by atoms with Crippen molar-refractivity contribution in [2.24, 2.45) is 0 Å². The van der Waals surface area contributed by atoms with Crippen molar-refractivity contribution in [3.63, 3.8) is 0 Å². The lowest BCUT2D eigenvalue weighted by atomic mass is 9.98. The molecule has 2 aromatic heterocycles. The van der Waals surface area contributed by atoms with Crippen LogP contribution in [-0.2, 0) is 0 Å². The van der Waals surface area contributed by atoms with E-state index in [1.807, 2.05) is 18.3 Å². The Hall–Kier alpha value is -6.19. The first-order valence-electron chi connectivity index (χ1n) is 15.5. The van der Waals surface area contributed by atoms with Gasteiger partial charge in [0.2, 0.25) is 0 Å². The fraction of sp³-hybridized carbons (Fsp3) is 0. The Labute approximate surface area is 266 Å². The number of furan rings is 1. The molecular formula is C43H28N2O. The van der Waals surface area contributed by atoms with E-state index < -0.39 is 0 Å². The van der Waals surface area contributed by atoms with Crippen molar-refractivity contribution in [3.8, 4) is 22.3 Å². The molecule has 0 aliphatic rings. The lowest BCUT2D eigenvalue weighted by Gasteiger charge is -2.27. The molecule has 0 bridgehead atoms. The van der Waals surface area contributed by atoms with Gasteiger partial charge in [0.05, 0.1) is 16.6 Å². The Morgan fingerprint density at radius 2 is 1.22 bits per heavy atom. The van der Waals surface area contributed by atoms with Crippen molar-refractivity contribution in [3.05, 3.63) is 170 Å². The van der Waals surface area contributed by atoms with Gasteiger partial charge in [-0.15, -0.1) is 0 Å². The lowest BCUT2D eigenvalue weighted by Crippen LogP contribution is -2.11. The molecule has 0 unspecified atom stereocenters. The summed E-state index contributed by atoms with van der Waals surface area (Å²) in [7, 11) is 0. The molecule has 0 amide bonds. The van der Waals surface area contributed by atoms with Crippen LogP contribution in [0.3, 0.4) is 0 Å². The van der Waals surface area contributed by atoms with Crippen molar-refractivity contribution < 1.29 is 4.42 Å². The number of benzene rings is 7. The predicted molar refractivity (Wildman–Crippen MR) is 192 cm³/mol. The van der Waals surface area contributed by atoms with Gasteiger partial charge < -0.3 is 9.32 Å². The van der Waals surface area contributed by atoms with Crippen LogP contribution in [0.2, 0.25) is 0 Å². The summed E-state index contributed by atoms with van der Waals surface area (Å²) in [5, 5.41) is 5.66. The van der Waals surface area contributed by atoms with Gasteiger partial charge in [-0.1, -0.05) is 115 Å². The van der Waals surface area contributed by atoms with Gasteiger partial charge >= 0.3 is 0 Å².